The number of carbonyl (C=O) groups excluding carboxylic acids is 1. The van der Waals surface area contributed by atoms with Gasteiger partial charge >= 0.3 is 0 Å². The summed E-state index contributed by atoms with van der Waals surface area (Å²) in [5.74, 6) is -2.32. The van der Waals surface area contributed by atoms with E-state index in [9.17, 15) is 22.0 Å². The van der Waals surface area contributed by atoms with Crippen molar-refractivity contribution in [2.45, 2.75) is 74.9 Å². The van der Waals surface area contributed by atoms with E-state index in [4.69, 9.17) is 4.74 Å². The van der Waals surface area contributed by atoms with Gasteiger partial charge < -0.3 is 9.64 Å². The van der Waals surface area contributed by atoms with Gasteiger partial charge in [-0.3, -0.25) is 9.10 Å². The molecular weight excluding hydrogens is 486 g/mol. The summed E-state index contributed by atoms with van der Waals surface area (Å²) in [4.78, 5) is 15.7. The summed E-state index contributed by atoms with van der Waals surface area (Å²) >= 11 is 0. The number of carbonyl (C=O) groups is 1. The van der Waals surface area contributed by atoms with Crippen LogP contribution in [0.2, 0.25) is 0 Å². The Morgan fingerprint density at radius 2 is 1.86 bits per heavy atom. The highest BCUT2D eigenvalue weighted by Gasteiger charge is 2.43. The van der Waals surface area contributed by atoms with Gasteiger partial charge in [-0.05, 0) is 55.5 Å². The molecule has 6 nitrogen and oxygen atoms in total. The van der Waals surface area contributed by atoms with E-state index in [1.54, 1.807) is 23.1 Å². The summed E-state index contributed by atoms with van der Waals surface area (Å²) < 4.78 is 61.5. The van der Waals surface area contributed by atoms with Crippen molar-refractivity contribution in [2.75, 3.05) is 6.61 Å². The van der Waals surface area contributed by atoms with Crippen molar-refractivity contribution < 1.29 is 26.7 Å². The maximum atomic E-state index is 13.9. The predicted octanol–water partition coefficient (Wildman–Crippen LogP) is 4.81. The lowest BCUT2D eigenvalue weighted by Crippen LogP contribution is -2.51. The Morgan fingerprint density at radius 1 is 1.14 bits per heavy atom. The van der Waals surface area contributed by atoms with Crippen LogP contribution in [0.4, 0.5) is 8.78 Å². The van der Waals surface area contributed by atoms with Crippen LogP contribution in [-0.4, -0.2) is 48.1 Å². The second-order valence-corrected chi connectivity index (χ2v) is 11.7. The second-order valence-electron chi connectivity index (χ2n) is 9.88. The van der Waals surface area contributed by atoms with E-state index in [1.807, 2.05) is 25.1 Å². The number of alkyl halides is 2. The van der Waals surface area contributed by atoms with Crippen molar-refractivity contribution >= 4 is 15.9 Å². The maximum Gasteiger partial charge on any atom is 0.264 e. The lowest BCUT2D eigenvalue weighted by molar-refractivity contribution is -0.140. The molecule has 1 atom stereocenters. The third-order valence-corrected chi connectivity index (χ3v) is 9.12. The number of hydrogen-bond donors (Lipinski definition) is 0. The summed E-state index contributed by atoms with van der Waals surface area (Å²) in [6.07, 6.45) is 3.94. The van der Waals surface area contributed by atoms with E-state index in [0.29, 0.717) is 6.61 Å². The lowest BCUT2D eigenvalue weighted by Gasteiger charge is -2.39. The Balaban J connectivity index is 1.43. The molecule has 1 aliphatic carbocycles. The number of ether oxygens (including phenoxy) is 1. The van der Waals surface area contributed by atoms with Gasteiger partial charge in [-0.1, -0.05) is 35.9 Å². The van der Waals surface area contributed by atoms with Gasteiger partial charge in [0, 0.05) is 38.0 Å². The van der Waals surface area contributed by atoms with Crippen molar-refractivity contribution in [3.63, 3.8) is 0 Å². The van der Waals surface area contributed by atoms with Crippen LogP contribution in [0.15, 0.2) is 59.6 Å². The number of aryl methyl sites for hydroxylation is 1. The first-order valence-electron chi connectivity index (χ1n) is 12.3. The summed E-state index contributed by atoms with van der Waals surface area (Å²) in [5.41, 5.74) is 2.86. The minimum absolute atomic E-state index is 0.108. The van der Waals surface area contributed by atoms with E-state index in [2.05, 4.69) is 0 Å². The number of benzene rings is 2. The van der Waals surface area contributed by atoms with Gasteiger partial charge in [0.05, 0.1) is 11.5 Å². The summed E-state index contributed by atoms with van der Waals surface area (Å²) in [6, 6.07) is 10.9. The number of nitrogens with zero attached hydrogens (tertiary/aromatic N) is 2. The number of amides is 1. The molecular formula is C27H30F2N2O4S. The Kier molecular flexibility index (Phi) is 6.53. The van der Waals surface area contributed by atoms with Crippen molar-refractivity contribution in [3.05, 3.63) is 71.4 Å². The first-order chi connectivity index (χ1) is 17.1. The predicted molar refractivity (Wildman–Crippen MR) is 131 cm³/mol. The Bertz CT molecular complexity index is 1270. The topological polar surface area (TPSA) is 66.9 Å². The average Bonchev–Trinajstić information content (AvgIpc) is 3.52. The smallest absolute Gasteiger partial charge is 0.264 e. The molecule has 0 unspecified atom stereocenters. The van der Waals surface area contributed by atoms with Crippen LogP contribution in [0.5, 0.6) is 5.75 Å². The van der Waals surface area contributed by atoms with Crippen molar-refractivity contribution in [1.29, 1.82) is 0 Å². The van der Waals surface area contributed by atoms with Gasteiger partial charge in [-0.25, -0.2) is 17.2 Å². The molecule has 0 bridgehead atoms. The minimum Gasteiger partial charge on any atom is -0.493 e. The fourth-order valence-corrected chi connectivity index (χ4v) is 6.69. The molecule has 192 valence electrons. The third-order valence-electron chi connectivity index (χ3n) is 7.32. The highest BCUT2D eigenvalue weighted by Crippen LogP contribution is 2.37. The second kappa shape index (κ2) is 9.50. The van der Waals surface area contributed by atoms with Gasteiger partial charge in [0.15, 0.2) is 0 Å². The first-order valence-corrected chi connectivity index (χ1v) is 13.8. The molecule has 2 heterocycles. The van der Waals surface area contributed by atoms with Crippen molar-refractivity contribution in [1.82, 2.24) is 9.21 Å². The molecule has 0 saturated heterocycles. The monoisotopic (exact) mass is 516 g/mol. The van der Waals surface area contributed by atoms with Crippen LogP contribution in [0.1, 0.15) is 48.8 Å². The van der Waals surface area contributed by atoms with Crippen LogP contribution in [0.25, 0.3) is 0 Å². The number of fused-ring (bicyclic) bond motifs is 1. The van der Waals surface area contributed by atoms with Crippen LogP contribution in [0.3, 0.4) is 0 Å². The molecule has 1 fully saturated rings. The molecule has 5 rings (SSSR count). The number of halogens is 2. The highest BCUT2D eigenvalue weighted by atomic mass is 32.2. The zero-order valence-corrected chi connectivity index (χ0v) is 21.0. The van der Waals surface area contributed by atoms with E-state index in [1.165, 1.54) is 18.3 Å². The molecule has 3 aliphatic rings. The van der Waals surface area contributed by atoms with E-state index in [0.717, 1.165) is 33.2 Å². The highest BCUT2D eigenvalue weighted by molar-refractivity contribution is 7.89. The molecule has 2 aromatic rings. The summed E-state index contributed by atoms with van der Waals surface area (Å²) in [5, 5.41) is 0. The molecule has 0 radical (unpaired) electrons. The van der Waals surface area contributed by atoms with Gasteiger partial charge in [0.1, 0.15) is 11.8 Å². The lowest BCUT2D eigenvalue weighted by atomic mass is 9.90. The van der Waals surface area contributed by atoms with E-state index in [-0.39, 0.29) is 49.5 Å². The molecule has 9 heteroatoms. The Labute approximate surface area is 210 Å². The largest absolute Gasteiger partial charge is 0.493 e. The number of sulfonamides is 1. The quantitative estimate of drug-likeness (QED) is 0.553. The third kappa shape index (κ3) is 4.85. The zero-order chi connectivity index (χ0) is 25.5. The van der Waals surface area contributed by atoms with Crippen LogP contribution >= 0.6 is 0 Å². The molecule has 0 spiro atoms. The van der Waals surface area contributed by atoms with Crippen LogP contribution in [-0.2, 0) is 27.8 Å². The van der Waals surface area contributed by atoms with Gasteiger partial charge in [-0.2, -0.15) is 0 Å². The molecule has 0 aromatic heterocycles. The van der Waals surface area contributed by atoms with Gasteiger partial charge in [-0.15, -0.1) is 0 Å². The van der Waals surface area contributed by atoms with Gasteiger partial charge in [0.2, 0.25) is 11.8 Å². The van der Waals surface area contributed by atoms with Crippen molar-refractivity contribution in [2.24, 2.45) is 0 Å². The molecule has 2 aromatic carbocycles. The Morgan fingerprint density at radius 3 is 2.58 bits per heavy atom. The zero-order valence-electron chi connectivity index (χ0n) is 20.2. The molecule has 36 heavy (non-hydrogen) atoms. The van der Waals surface area contributed by atoms with E-state index >= 15 is 0 Å². The van der Waals surface area contributed by atoms with Crippen LogP contribution < -0.4 is 4.74 Å². The standard InChI is InChI=1S/C27H30F2N2O4S/c1-19-4-8-23(9-5-19)36(33,34)31-15-2-3-24(31)26(32)30(22-10-13-27(28,29)14-11-22)18-20-6-7-21-12-16-35-25(21)17-20/h2,4-9,15,17,22,24H,3,10-14,16,18H2,1H3/t24-/m0/s1. The summed E-state index contributed by atoms with van der Waals surface area (Å²) in [6.45, 7) is 2.69. The van der Waals surface area contributed by atoms with Crippen molar-refractivity contribution in [3.8, 4) is 5.75 Å². The maximum absolute atomic E-state index is 13.9. The Hall–Kier alpha value is -2.94. The van der Waals surface area contributed by atoms with E-state index < -0.39 is 28.0 Å². The molecule has 2 aliphatic heterocycles. The first kappa shape index (κ1) is 24.7. The molecule has 1 saturated carbocycles. The SMILES string of the molecule is Cc1ccc(S(=O)(=O)N2C=CC[C@H]2C(=O)N(Cc2ccc3c(c2)OCC3)C2CCC(F)(F)CC2)cc1. The fraction of sp³-hybridized carbons (Fsp3) is 0.444. The average molecular weight is 517 g/mol. The van der Waals surface area contributed by atoms with Crippen LogP contribution in [0, 0.1) is 6.92 Å². The fourth-order valence-electron chi connectivity index (χ4n) is 5.21. The molecule has 1 amide bonds. The molecule has 0 N–H and O–H groups in total. The normalized spacial score (nSPS) is 21.3. The number of hydrogen-bond acceptors (Lipinski definition) is 4. The van der Waals surface area contributed by atoms with Gasteiger partial charge in [0.25, 0.3) is 10.0 Å². The summed E-state index contributed by atoms with van der Waals surface area (Å²) in [7, 11) is -3.95. The number of rotatable bonds is 6. The minimum atomic E-state index is -3.95.